The van der Waals surface area contributed by atoms with Gasteiger partial charge < -0.3 is 9.88 Å². The minimum absolute atomic E-state index is 0.251. The van der Waals surface area contributed by atoms with E-state index in [9.17, 15) is 22.8 Å². The predicted molar refractivity (Wildman–Crippen MR) is 53.5 cm³/mol. The largest absolute Gasteiger partial charge is 0.405 e. The highest BCUT2D eigenvalue weighted by Crippen LogP contribution is 2.12. The number of halogens is 3. The highest BCUT2D eigenvalue weighted by Gasteiger charge is 2.27. The average Bonchev–Trinajstić information content (AvgIpc) is 2.62. The van der Waals surface area contributed by atoms with Gasteiger partial charge in [0.1, 0.15) is 13.1 Å². The number of nitrogens with one attached hydrogen (secondary N) is 1. The molecule has 0 bridgehead atoms. The minimum atomic E-state index is -4.43. The van der Waals surface area contributed by atoms with E-state index in [2.05, 4.69) is 0 Å². The molecule has 0 radical (unpaired) electrons. The molecule has 1 heterocycles. The Morgan fingerprint density at radius 1 is 1.41 bits per heavy atom. The summed E-state index contributed by atoms with van der Waals surface area (Å²) in [5.74, 6) is -1.04. The van der Waals surface area contributed by atoms with Gasteiger partial charge in [0.25, 0.3) is 0 Å². The van der Waals surface area contributed by atoms with Crippen molar-refractivity contribution in [2.45, 2.75) is 19.6 Å². The lowest BCUT2D eigenvalue weighted by Crippen LogP contribution is -2.36. The van der Waals surface area contributed by atoms with Crippen molar-refractivity contribution in [3.05, 3.63) is 24.0 Å². The summed E-state index contributed by atoms with van der Waals surface area (Å²) in [5.41, 5.74) is 0.284. The standard InChI is InChI=1S/C10H11F3N2O2/c1-7(16)8-3-2-4-15(8)5-9(17)14-6-10(11,12)13/h2-4H,5-6H2,1H3,(H,14,17). The molecule has 0 aliphatic carbocycles. The Morgan fingerprint density at radius 3 is 2.59 bits per heavy atom. The van der Waals surface area contributed by atoms with E-state index in [0.29, 0.717) is 0 Å². The number of rotatable bonds is 4. The smallest absolute Gasteiger partial charge is 0.345 e. The highest BCUT2D eigenvalue weighted by molar-refractivity contribution is 5.93. The van der Waals surface area contributed by atoms with Crippen LogP contribution < -0.4 is 5.32 Å². The summed E-state index contributed by atoms with van der Waals surface area (Å²) in [6.07, 6.45) is -2.97. The molecular formula is C10H11F3N2O2. The molecule has 0 fully saturated rings. The van der Waals surface area contributed by atoms with Gasteiger partial charge in [-0.15, -0.1) is 0 Å². The fraction of sp³-hybridized carbons (Fsp3) is 0.400. The van der Waals surface area contributed by atoms with Crippen LogP contribution >= 0.6 is 0 Å². The first-order valence-corrected chi connectivity index (χ1v) is 4.79. The summed E-state index contributed by atoms with van der Waals surface area (Å²) in [4.78, 5) is 22.3. The maximum Gasteiger partial charge on any atom is 0.405 e. The van der Waals surface area contributed by atoms with Crippen LogP contribution in [0.15, 0.2) is 18.3 Å². The van der Waals surface area contributed by atoms with Gasteiger partial charge >= 0.3 is 6.18 Å². The Balaban J connectivity index is 2.57. The van der Waals surface area contributed by atoms with Crippen molar-refractivity contribution in [2.75, 3.05) is 6.54 Å². The van der Waals surface area contributed by atoms with E-state index < -0.39 is 18.6 Å². The molecule has 0 saturated carbocycles. The van der Waals surface area contributed by atoms with Crippen LogP contribution in [0.2, 0.25) is 0 Å². The molecule has 1 rings (SSSR count). The number of aromatic nitrogens is 1. The molecule has 4 nitrogen and oxygen atoms in total. The van der Waals surface area contributed by atoms with Crippen LogP contribution in [0.4, 0.5) is 13.2 Å². The number of carbonyl (C=O) groups is 2. The quantitative estimate of drug-likeness (QED) is 0.818. The molecule has 17 heavy (non-hydrogen) atoms. The molecule has 0 saturated heterocycles. The second kappa shape index (κ2) is 5.03. The Bertz CT molecular complexity index is 423. The zero-order chi connectivity index (χ0) is 13.1. The lowest BCUT2D eigenvalue weighted by atomic mass is 10.3. The summed E-state index contributed by atoms with van der Waals surface area (Å²) in [6.45, 7) is -0.361. The predicted octanol–water partition coefficient (Wildman–Crippen LogP) is 1.37. The van der Waals surface area contributed by atoms with E-state index in [-0.39, 0.29) is 18.0 Å². The van der Waals surface area contributed by atoms with Crippen LogP contribution in [-0.4, -0.2) is 29.0 Å². The van der Waals surface area contributed by atoms with Crippen molar-refractivity contribution in [3.63, 3.8) is 0 Å². The maximum atomic E-state index is 11.8. The second-order valence-corrected chi connectivity index (χ2v) is 3.47. The fourth-order valence-corrected chi connectivity index (χ4v) is 1.28. The van der Waals surface area contributed by atoms with E-state index in [1.807, 2.05) is 0 Å². The topological polar surface area (TPSA) is 51.1 Å². The van der Waals surface area contributed by atoms with Crippen molar-refractivity contribution in [3.8, 4) is 0 Å². The molecule has 94 valence electrons. The van der Waals surface area contributed by atoms with E-state index in [1.54, 1.807) is 11.4 Å². The van der Waals surface area contributed by atoms with Crippen molar-refractivity contribution >= 4 is 11.7 Å². The first-order chi connectivity index (χ1) is 7.79. The van der Waals surface area contributed by atoms with E-state index >= 15 is 0 Å². The van der Waals surface area contributed by atoms with Gasteiger partial charge in [-0.1, -0.05) is 0 Å². The molecule has 1 N–H and O–H groups in total. The second-order valence-electron chi connectivity index (χ2n) is 3.47. The van der Waals surface area contributed by atoms with Crippen molar-refractivity contribution < 1.29 is 22.8 Å². The van der Waals surface area contributed by atoms with Crippen LogP contribution in [0.25, 0.3) is 0 Å². The molecule has 0 unspecified atom stereocenters. The number of alkyl halides is 3. The lowest BCUT2D eigenvalue weighted by Gasteiger charge is -2.10. The highest BCUT2D eigenvalue weighted by atomic mass is 19.4. The molecular weight excluding hydrogens is 237 g/mol. The average molecular weight is 248 g/mol. The molecule has 1 amide bonds. The van der Waals surface area contributed by atoms with Gasteiger partial charge in [0.15, 0.2) is 5.78 Å². The summed E-state index contributed by atoms with van der Waals surface area (Å²) in [5, 5.41) is 1.73. The van der Waals surface area contributed by atoms with Crippen molar-refractivity contribution in [1.82, 2.24) is 9.88 Å². The molecule has 7 heteroatoms. The first kappa shape index (κ1) is 13.3. The fourth-order valence-electron chi connectivity index (χ4n) is 1.28. The molecule has 0 atom stereocenters. The van der Waals surface area contributed by atoms with Crippen molar-refractivity contribution in [2.24, 2.45) is 0 Å². The minimum Gasteiger partial charge on any atom is -0.345 e. The van der Waals surface area contributed by atoms with Crippen LogP contribution in [0.5, 0.6) is 0 Å². The molecule has 0 aliphatic rings. The van der Waals surface area contributed by atoms with Gasteiger partial charge in [0, 0.05) is 13.1 Å². The Kier molecular flexibility index (Phi) is 3.93. The van der Waals surface area contributed by atoms with Crippen LogP contribution in [-0.2, 0) is 11.3 Å². The summed E-state index contributed by atoms with van der Waals surface area (Å²) < 4.78 is 36.8. The number of amides is 1. The number of hydrogen-bond donors (Lipinski definition) is 1. The first-order valence-electron chi connectivity index (χ1n) is 4.79. The summed E-state index contributed by atoms with van der Waals surface area (Å²) in [6, 6.07) is 3.05. The maximum absolute atomic E-state index is 11.8. The van der Waals surface area contributed by atoms with Gasteiger partial charge in [-0.3, -0.25) is 9.59 Å². The lowest BCUT2D eigenvalue weighted by molar-refractivity contribution is -0.138. The SMILES string of the molecule is CC(=O)c1cccn1CC(=O)NCC(F)(F)F. The van der Waals surface area contributed by atoms with Gasteiger partial charge in [0.05, 0.1) is 5.69 Å². The molecule has 1 aromatic rings. The van der Waals surface area contributed by atoms with E-state index in [0.717, 1.165) is 0 Å². The van der Waals surface area contributed by atoms with Crippen LogP contribution in [0.1, 0.15) is 17.4 Å². The Morgan fingerprint density at radius 2 is 2.06 bits per heavy atom. The number of Topliss-reactive ketones (excluding diaryl/α,β-unsaturated/α-hetero) is 1. The molecule has 0 spiro atoms. The van der Waals surface area contributed by atoms with Crippen LogP contribution in [0.3, 0.4) is 0 Å². The molecule has 0 aliphatic heterocycles. The number of ketones is 1. The third-order valence-corrected chi connectivity index (χ3v) is 1.99. The van der Waals surface area contributed by atoms with Crippen LogP contribution in [0, 0.1) is 0 Å². The number of hydrogen-bond acceptors (Lipinski definition) is 2. The summed E-state index contributed by atoms with van der Waals surface area (Å²) in [7, 11) is 0. The zero-order valence-corrected chi connectivity index (χ0v) is 9.04. The summed E-state index contributed by atoms with van der Waals surface area (Å²) >= 11 is 0. The Hall–Kier alpha value is -1.79. The Labute approximate surface area is 95.4 Å². The van der Waals surface area contributed by atoms with Gasteiger partial charge in [-0.05, 0) is 12.1 Å². The number of carbonyl (C=O) groups excluding carboxylic acids is 2. The molecule has 1 aromatic heterocycles. The van der Waals surface area contributed by atoms with E-state index in [1.165, 1.54) is 23.8 Å². The molecule has 0 aromatic carbocycles. The van der Waals surface area contributed by atoms with E-state index in [4.69, 9.17) is 0 Å². The van der Waals surface area contributed by atoms with Gasteiger partial charge in [-0.25, -0.2) is 0 Å². The third kappa shape index (κ3) is 4.29. The number of nitrogens with zero attached hydrogens (tertiary/aromatic N) is 1. The zero-order valence-electron chi connectivity index (χ0n) is 9.04. The monoisotopic (exact) mass is 248 g/mol. The van der Waals surface area contributed by atoms with Gasteiger partial charge in [0.2, 0.25) is 5.91 Å². The van der Waals surface area contributed by atoms with Gasteiger partial charge in [-0.2, -0.15) is 13.2 Å². The third-order valence-electron chi connectivity index (χ3n) is 1.99. The normalized spacial score (nSPS) is 11.3. The van der Waals surface area contributed by atoms with Crippen molar-refractivity contribution in [1.29, 1.82) is 0 Å².